The van der Waals surface area contributed by atoms with E-state index in [1.807, 2.05) is 52.3 Å². The van der Waals surface area contributed by atoms with Crippen LogP contribution in [0.1, 0.15) is 43.4 Å². The molecule has 0 fully saturated rings. The third-order valence-corrected chi connectivity index (χ3v) is 3.97. The molecule has 2 aromatic rings. The number of nitrogens with zero attached hydrogens (tertiary/aromatic N) is 3. The lowest BCUT2D eigenvalue weighted by Gasteiger charge is -2.35. The van der Waals surface area contributed by atoms with Crippen LogP contribution in [0.25, 0.3) is 0 Å². The molecule has 0 aliphatic carbocycles. The van der Waals surface area contributed by atoms with Crippen LogP contribution in [0.5, 0.6) is 0 Å². The van der Waals surface area contributed by atoms with Gasteiger partial charge in [0.25, 0.3) is 0 Å². The van der Waals surface area contributed by atoms with Crippen molar-refractivity contribution in [3.05, 3.63) is 53.3 Å². The smallest absolute Gasteiger partial charge is 0.410 e. The topological polar surface area (TPSA) is 47.4 Å². The molecule has 1 unspecified atom stereocenters. The lowest BCUT2D eigenvalue weighted by Crippen LogP contribution is -2.41. The largest absolute Gasteiger partial charge is 0.444 e. The van der Waals surface area contributed by atoms with Gasteiger partial charge in [0.2, 0.25) is 0 Å². The summed E-state index contributed by atoms with van der Waals surface area (Å²) < 4.78 is 7.34. The molecule has 0 spiro atoms. The van der Waals surface area contributed by atoms with Gasteiger partial charge in [-0.1, -0.05) is 24.3 Å². The maximum absolute atomic E-state index is 12.5. The van der Waals surface area contributed by atoms with Crippen molar-refractivity contribution in [3.8, 4) is 0 Å². The Bertz CT molecular complexity index is 715. The van der Waals surface area contributed by atoms with Crippen LogP contribution in [0, 0.1) is 0 Å². The van der Waals surface area contributed by atoms with Gasteiger partial charge in [0.15, 0.2) is 0 Å². The fourth-order valence-electron chi connectivity index (χ4n) is 2.98. The van der Waals surface area contributed by atoms with Gasteiger partial charge < -0.3 is 9.64 Å². The SMILES string of the molecule is Cn1cc(C2CN(C(=O)OC(C)(C)C)Cc3ccccc32)cn1. The van der Waals surface area contributed by atoms with E-state index in [0.29, 0.717) is 13.1 Å². The first-order valence-corrected chi connectivity index (χ1v) is 7.88. The highest BCUT2D eigenvalue weighted by molar-refractivity contribution is 5.69. The highest BCUT2D eigenvalue weighted by Gasteiger charge is 2.32. The van der Waals surface area contributed by atoms with Crippen LogP contribution < -0.4 is 0 Å². The van der Waals surface area contributed by atoms with Gasteiger partial charge >= 0.3 is 6.09 Å². The van der Waals surface area contributed by atoms with Gasteiger partial charge in [-0.15, -0.1) is 0 Å². The van der Waals surface area contributed by atoms with Gasteiger partial charge in [-0.05, 0) is 37.5 Å². The summed E-state index contributed by atoms with van der Waals surface area (Å²) in [7, 11) is 1.91. The van der Waals surface area contributed by atoms with Crippen LogP contribution in [-0.2, 0) is 18.3 Å². The molecular formula is C18H23N3O2. The van der Waals surface area contributed by atoms with Crippen molar-refractivity contribution in [2.75, 3.05) is 6.54 Å². The second kappa shape index (κ2) is 5.72. The fourth-order valence-corrected chi connectivity index (χ4v) is 2.98. The molecule has 1 aliphatic heterocycles. The van der Waals surface area contributed by atoms with Crippen molar-refractivity contribution >= 4 is 6.09 Å². The van der Waals surface area contributed by atoms with Crippen LogP contribution in [-0.4, -0.2) is 32.9 Å². The zero-order valence-electron chi connectivity index (χ0n) is 14.1. The van der Waals surface area contributed by atoms with E-state index in [1.54, 1.807) is 9.58 Å². The van der Waals surface area contributed by atoms with Crippen LogP contribution >= 0.6 is 0 Å². The third-order valence-electron chi connectivity index (χ3n) is 3.97. The zero-order valence-corrected chi connectivity index (χ0v) is 14.1. The minimum absolute atomic E-state index is 0.126. The van der Waals surface area contributed by atoms with Gasteiger partial charge in [-0.2, -0.15) is 5.10 Å². The minimum atomic E-state index is -0.488. The summed E-state index contributed by atoms with van der Waals surface area (Å²) in [5.74, 6) is 0.126. The Labute approximate surface area is 136 Å². The molecule has 5 nitrogen and oxygen atoms in total. The van der Waals surface area contributed by atoms with E-state index >= 15 is 0 Å². The van der Waals surface area contributed by atoms with Gasteiger partial charge in [0.1, 0.15) is 5.60 Å². The molecule has 0 saturated carbocycles. The van der Waals surface area contributed by atoms with Crippen LogP contribution in [0.15, 0.2) is 36.7 Å². The van der Waals surface area contributed by atoms with Crippen LogP contribution in [0.4, 0.5) is 4.79 Å². The first kappa shape index (κ1) is 15.6. The zero-order chi connectivity index (χ0) is 16.6. The number of fused-ring (bicyclic) bond motifs is 1. The summed E-state index contributed by atoms with van der Waals surface area (Å²) in [6, 6.07) is 8.28. The summed E-state index contributed by atoms with van der Waals surface area (Å²) in [5.41, 5.74) is 3.06. The number of carbonyl (C=O) groups is 1. The molecule has 5 heteroatoms. The predicted molar refractivity (Wildman–Crippen MR) is 88.1 cm³/mol. The number of hydrogen-bond acceptors (Lipinski definition) is 3. The molecule has 0 radical (unpaired) electrons. The third kappa shape index (κ3) is 3.38. The molecule has 122 valence electrons. The van der Waals surface area contributed by atoms with E-state index in [2.05, 4.69) is 17.2 Å². The van der Waals surface area contributed by atoms with Crippen LogP contribution in [0.3, 0.4) is 0 Å². The van der Waals surface area contributed by atoms with Gasteiger partial charge in [-0.3, -0.25) is 4.68 Å². The first-order valence-electron chi connectivity index (χ1n) is 7.88. The van der Waals surface area contributed by atoms with E-state index in [-0.39, 0.29) is 12.0 Å². The number of carbonyl (C=O) groups excluding carboxylic acids is 1. The second-order valence-corrected chi connectivity index (χ2v) is 7.06. The highest BCUT2D eigenvalue weighted by atomic mass is 16.6. The molecule has 0 bridgehead atoms. The molecule has 1 amide bonds. The number of aryl methyl sites for hydroxylation is 1. The molecule has 1 aromatic carbocycles. The maximum atomic E-state index is 12.5. The van der Waals surface area contributed by atoms with Gasteiger partial charge in [0, 0.05) is 32.3 Å². The second-order valence-electron chi connectivity index (χ2n) is 7.06. The minimum Gasteiger partial charge on any atom is -0.444 e. The molecule has 2 heterocycles. The van der Waals surface area contributed by atoms with Crippen LogP contribution in [0.2, 0.25) is 0 Å². The molecule has 0 saturated heterocycles. The van der Waals surface area contributed by atoms with E-state index < -0.39 is 5.60 Å². The van der Waals surface area contributed by atoms with Crippen molar-refractivity contribution < 1.29 is 9.53 Å². The average Bonchev–Trinajstić information content (AvgIpc) is 2.90. The monoisotopic (exact) mass is 313 g/mol. The summed E-state index contributed by atoms with van der Waals surface area (Å²) in [5, 5.41) is 4.28. The Morgan fingerprint density at radius 2 is 2.04 bits per heavy atom. The van der Waals surface area contributed by atoms with Crippen molar-refractivity contribution in [2.45, 2.75) is 38.8 Å². The molecular weight excluding hydrogens is 290 g/mol. The Balaban J connectivity index is 1.92. The van der Waals surface area contributed by atoms with Crippen molar-refractivity contribution in [2.24, 2.45) is 7.05 Å². The first-order chi connectivity index (χ1) is 10.8. The van der Waals surface area contributed by atoms with Crippen molar-refractivity contribution in [1.29, 1.82) is 0 Å². The Kier molecular flexibility index (Phi) is 3.88. The summed E-state index contributed by atoms with van der Waals surface area (Å²) in [6.07, 6.45) is 3.63. The normalized spacial score (nSPS) is 17.7. The number of rotatable bonds is 1. The molecule has 1 aliphatic rings. The Hall–Kier alpha value is -2.30. The van der Waals surface area contributed by atoms with Gasteiger partial charge in [0.05, 0.1) is 6.20 Å². The van der Waals surface area contributed by atoms with Crippen molar-refractivity contribution in [3.63, 3.8) is 0 Å². The lowest BCUT2D eigenvalue weighted by atomic mass is 9.86. The summed E-state index contributed by atoms with van der Waals surface area (Å²) in [4.78, 5) is 14.3. The van der Waals surface area contributed by atoms with E-state index in [1.165, 1.54) is 11.1 Å². The van der Waals surface area contributed by atoms with Gasteiger partial charge in [-0.25, -0.2) is 4.79 Å². The standard InChI is InChI=1S/C18H23N3O2/c1-18(2,3)23-17(22)21-11-13-7-5-6-8-15(13)16(12-21)14-9-19-20(4)10-14/h5-10,16H,11-12H2,1-4H3. The average molecular weight is 313 g/mol. The summed E-state index contributed by atoms with van der Waals surface area (Å²) >= 11 is 0. The van der Waals surface area contributed by atoms with E-state index in [9.17, 15) is 4.79 Å². The van der Waals surface area contributed by atoms with Crippen molar-refractivity contribution in [1.82, 2.24) is 14.7 Å². The number of benzene rings is 1. The quantitative estimate of drug-likeness (QED) is 0.811. The Morgan fingerprint density at radius 1 is 1.30 bits per heavy atom. The van der Waals surface area contributed by atoms with E-state index in [4.69, 9.17) is 4.74 Å². The molecule has 23 heavy (non-hydrogen) atoms. The Morgan fingerprint density at radius 3 is 2.70 bits per heavy atom. The molecule has 1 aromatic heterocycles. The molecule has 0 N–H and O–H groups in total. The highest BCUT2D eigenvalue weighted by Crippen LogP contribution is 2.33. The number of amides is 1. The maximum Gasteiger partial charge on any atom is 0.410 e. The fraction of sp³-hybridized carbons (Fsp3) is 0.444. The van der Waals surface area contributed by atoms with E-state index in [0.717, 1.165) is 5.56 Å². The lowest BCUT2D eigenvalue weighted by molar-refractivity contribution is 0.0213. The molecule has 1 atom stereocenters. The number of aromatic nitrogens is 2. The molecule has 3 rings (SSSR count). The summed E-state index contributed by atoms with van der Waals surface area (Å²) in [6.45, 7) is 6.86. The number of hydrogen-bond donors (Lipinski definition) is 0. The predicted octanol–water partition coefficient (Wildman–Crippen LogP) is 3.30. The number of ether oxygens (including phenoxy) is 1.